The molecule has 0 atom stereocenters. The van der Waals surface area contributed by atoms with Gasteiger partial charge < -0.3 is 15.1 Å². The Kier molecular flexibility index (Phi) is 12.8. The lowest BCUT2D eigenvalue weighted by Crippen LogP contribution is -2.11. The number of carboxylic acid groups (broad SMARTS) is 2. The van der Waals surface area contributed by atoms with Crippen molar-refractivity contribution in [3.05, 3.63) is 194 Å². The van der Waals surface area contributed by atoms with Gasteiger partial charge in [0, 0.05) is 36.6 Å². The van der Waals surface area contributed by atoms with Gasteiger partial charge in [-0.3, -0.25) is 0 Å². The van der Waals surface area contributed by atoms with Gasteiger partial charge in [-0.15, -0.1) is 22.7 Å². The summed E-state index contributed by atoms with van der Waals surface area (Å²) in [5, 5.41) is 36.5. The predicted molar refractivity (Wildman–Crippen MR) is 250 cm³/mol. The molecule has 0 fully saturated rings. The van der Waals surface area contributed by atoms with Crippen LogP contribution in [0, 0.1) is 36.5 Å². The summed E-state index contributed by atoms with van der Waals surface area (Å²) in [6, 6.07) is 50.7. The SMILES string of the molecule is Cc1cccc(N(c2ccc(/C=C/c3ccc(-c4ccc(/C=C(/C#N)C(=O)O)s4)cc3)cc2)c2ccc(/C=C/c3ccc(-c4ccc(/C=C(\C#N)C(=O)O)s4)cc3)cc2)c1C. The van der Waals surface area contributed by atoms with Crippen molar-refractivity contribution >= 4 is 88.1 Å². The molecule has 61 heavy (non-hydrogen) atoms. The summed E-state index contributed by atoms with van der Waals surface area (Å²) in [4.78, 5) is 28.1. The smallest absolute Gasteiger partial charge is 0.346 e. The van der Waals surface area contributed by atoms with E-state index in [1.54, 1.807) is 12.1 Å². The largest absolute Gasteiger partial charge is 0.477 e. The van der Waals surface area contributed by atoms with Gasteiger partial charge >= 0.3 is 11.9 Å². The molecule has 0 amide bonds. The predicted octanol–water partition coefficient (Wildman–Crippen LogP) is 13.6. The third kappa shape index (κ3) is 10.1. The Balaban J connectivity index is 1.05. The highest BCUT2D eigenvalue weighted by atomic mass is 32.1. The van der Waals surface area contributed by atoms with Crippen LogP contribution >= 0.6 is 22.7 Å². The van der Waals surface area contributed by atoms with E-state index in [4.69, 9.17) is 20.7 Å². The number of hydrogen-bond donors (Lipinski definition) is 2. The van der Waals surface area contributed by atoms with Crippen LogP contribution in [0.25, 0.3) is 57.3 Å². The average Bonchev–Trinajstić information content (AvgIpc) is 3.96. The number of rotatable bonds is 13. The van der Waals surface area contributed by atoms with Gasteiger partial charge in [0.25, 0.3) is 0 Å². The van der Waals surface area contributed by atoms with Gasteiger partial charge in [0.1, 0.15) is 23.3 Å². The van der Waals surface area contributed by atoms with Gasteiger partial charge in [0.15, 0.2) is 0 Å². The zero-order valence-corrected chi connectivity index (χ0v) is 34.7. The van der Waals surface area contributed by atoms with Crippen molar-refractivity contribution < 1.29 is 19.8 Å². The minimum absolute atomic E-state index is 0.291. The number of carbonyl (C=O) groups is 2. The van der Waals surface area contributed by atoms with E-state index < -0.39 is 11.9 Å². The number of nitrogens with zero attached hydrogens (tertiary/aromatic N) is 3. The van der Waals surface area contributed by atoms with Crippen LogP contribution in [0.15, 0.2) is 151 Å². The van der Waals surface area contributed by atoms with Crippen molar-refractivity contribution in [2.24, 2.45) is 0 Å². The van der Waals surface area contributed by atoms with Crippen LogP contribution in [0.1, 0.15) is 43.1 Å². The number of aryl methyl sites for hydroxylation is 1. The lowest BCUT2D eigenvalue weighted by molar-refractivity contribution is -0.133. The standard InChI is InChI=1S/C52H37N3O4S2/c1-34-4-3-5-48(35(34)2)55(44-22-14-38(15-23-44)8-6-36-10-18-40(19-11-36)49-28-26-46(60-49)30-42(32-53)51(56)57)45-24-16-39(17-25-45)9-7-37-12-20-41(21-13-37)50-29-27-47(61-50)31-43(33-54)52(58)59/h3-31H,1-2H3,(H,56,57)(H,58,59)/b8-6+,9-7+,42-30-,43-31+. The van der Waals surface area contributed by atoms with Gasteiger partial charge in [0.05, 0.1) is 0 Å². The molecule has 0 spiro atoms. The molecule has 0 saturated heterocycles. The molecule has 7 nitrogen and oxygen atoms in total. The molecule has 7 rings (SSSR count). The average molecular weight is 832 g/mol. The third-order valence-corrected chi connectivity index (χ3v) is 12.1. The maximum Gasteiger partial charge on any atom is 0.346 e. The Hall–Kier alpha value is -7.82. The number of carboxylic acids is 2. The molecule has 2 N–H and O–H groups in total. The van der Waals surface area contributed by atoms with E-state index in [0.717, 1.165) is 60.2 Å². The van der Waals surface area contributed by atoms with Crippen molar-refractivity contribution in [2.45, 2.75) is 13.8 Å². The van der Waals surface area contributed by atoms with Crippen LogP contribution in [0.3, 0.4) is 0 Å². The van der Waals surface area contributed by atoms with Crippen molar-refractivity contribution in [2.75, 3.05) is 4.90 Å². The molecule has 5 aromatic carbocycles. The van der Waals surface area contributed by atoms with Crippen molar-refractivity contribution in [3.63, 3.8) is 0 Å². The highest BCUT2D eigenvalue weighted by molar-refractivity contribution is 7.16. The fourth-order valence-electron chi connectivity index (χ4n) is 6.52. The van der Waals surface area contributed by atoms with Gasteiger partial charge in [-0.05, 0) is 125 Å². The molecule has 0 saturated carbocycles. The summed E-state index contributed by atoms with van der Waals surface area (Å²) in [7, 11) is 0. The van der Waals surface area contributed by atoms with E-state index in [1.165, 1.54) is 46.0 Å². The minimum atomic E-state index is -1.24. The van der Waals surface area contributed by atoms with Gasteiger partial charge in [-0.25, -0.2) is 9.59 Å². The summed E-state index contributed by atoms with van der Waals surface area (Å²) in [5.74, 6) is -2.47. The summed E-state index contributed by atoms with van der Waals surface area (Å²) in [6.45, 7) is 4.28. The molecular formula is C52H37N3O4S2. The molecule has 0 aliphatic heterocycles. The number of aliphatic carboxylic acids is 2. The Morgan fingerprint density at radius 2 is 0.902 bits per heavy atom. The summed E-state index contributed by atoms with van der Waals surface area (Å²) in [6.07, 6.45) is 11.1. The molecule has 7 aromatic rings. The molecule has 2 aromatic heterocycles. The number of hydrogen-bond acceptors (Lipinski definition) is 7. The van der Waals surface area contributed by atoms with Crippen molar-refractivity contribution in [1.29, 1.82) is 10.5 Å². The van der Waals surface area contributed by atoms with Crippen LogP contribution in [-0.4, -0.2) is 22.2 Å². The first-order valence-corrected chi connectivity index (χ1v) is 20.7. The van der Waals surface area contributed by atoms with Crippen molar-refractivity contribution in [3.8, 4) is 33.0 Å². The zero-order valence-electron chi connectivity index (χ0n) is 33.1. The summed E-state index contributed by atoms with van der Waals surface area (Å²) < 4.78 is 0. The first kappa shape index (κ1) is 41.3. The second-order valence-electron chi connectivity index (χ2n) is 14.0. The molecule has 0 bridgehead atoms. The molecule has 0 aliphatic carbocycles. The summed E-state index contributed by atoms with van der Waals surface area (Å²) >= 11 is 2.87. The van der Waals surface area contributed by atoms with Gasteiger partial charge in [-0.1, -0.05) is 109 Å². The van der Waals surface area contributed by atoms with E-state index in [2.05, 4.69) is 110 Å². The quantitative estimate of drug-likeness (QED) is 0.0673. The molecular weight excluding hydrogens is 795 g/mol. The third-order valence-electron chi connectivity index (χ3n) is 9.97. The number of thiophene rings is 2. The molecule has 0 unspecified atom stereocenters. The maximum absolute atomic E-state index is 11.2. The first-order valence-electron chi connectivity index (χ1n) is 19.1. The Morgan fingerprint density at radius 3 is 1.26 bits per heavy atom. The molecule has 0 aliphatic rings. The molecule has 296 valence electrons. The molecule has 2 heterocycles. The van der Waals surface area contributed by atoms with Crippen LogP contribution < -0.4 is 4.90 Å². The number of anilines is 3. The fraction of sp³-hybridized carbons (Fsp3) is 0.0385. The van der Waals surface area contributed by atoms with E-state index in [9.17, 15) is 9.59 Å². The fourth-order valence-corrected chi connectivity index (χ4v) is 8.43. The van der Waals surface area contributed by atoms with Crippen LogP contribution in [0.4, 0.5) is 17.1 Å². The number of nitriles is 2. The summed E-state index contributed by atoms with van der Waals surface area (Å²) in [5.41, 5.74) is 11.2. The Morgan fingerprint density at radius 1 is 0.525 bits per heavy atom. The monoisotopic (exact) mass is 831 g/mol. The molecule has 9 heteroatoms. The van der Waals surface area contributed by atoms with Gasteiger partial charge in [-0.2, -0.15) is 10.5 Å². The lowest BCUT2D eigenvalue weighted by Gasteiger charge is -2.28. The lowest BCUT2D eigenvalue weighted by atomic mass is 10.0. The van der Waals surface area contributed by atoms with Crippen LogP contribution in [-0.2, 0) is 9.59 Å². The minimum Gasteiger partial charge on any atom is -0.477 e. The Bertz CT molecular complexity index is 2760. The highest BCUT2D eigenvalue weighted by Gasteiger charge is 2.16. The first-order chi connectivity index (χ1) is 29.6. The zero-order chi connectivity index (χ0) is 42.9. The van der Waals surface area contributed by atoms with E-state index in [0.29, 0.717) is 9.75 Å². The van der Waals surface area contributed by atoms with E-state index in [1.807, 2.05) is 72.8 Å². The van der Waals surface area contributed by atoms with Crippen LogP contribution in [0.2, 0.25) is 0 Å². The van der Waals surface area contributed by atoms with Crippen LogP contribution in [0.5, 0.6) is 0 Å². The Labute approximate surface area is 362 Å². The highest BCUT2D eigenvalue weighted by Crippen LogP contribution is 2.38. The second-order valence-corrected chi connectivity index (χ2v) is 16.2. The van der Waals surface area contributed by atoms with E-state index in [-0.39, 0.29) is 11.1 Å². The normalized spacial score (nSPS) is 11.7. The maximum atomic E-state index is 11.2. The topological polar surface area (TPSA) is 125 Å². The molecule has 0 radical (unpaired) electrons. The number of benzene rings is 5. The van der Waals surface area contributed by atoms with E-state index >= 15 is 0 Å². The van der Waals surface area contributed by atoms with Gasteiger partial charge in [0.2, 0.25) is 0 Å². The second kappa shape index (κ2) is 18.8. The van der Waals surface area contributed by atoms with Crippen molar-refractivity contribution in [1.82, 2.24) is 0 Å².